The van der Waals surface area contributed by atoms with Crippen molar-refractivity contribution in [1.29, 1.82) is 0 Å². The average molecular weight is 411 g/mol. The molecule has 2 fully saturated rings. The largest absolute Gasteiger partial charge is 0.367 e. The molecule has 2 saturated heterocycles. The predicted molar refractivity (Wildman–Crippen MR) is 114 cm³/mol. The summed E-state index contributed by atoms with van der Waals surface area (Å²) in [4.78, 5) is 36.4. The first kappa shape index (κ1) is 24.1. The SMILES string of the molecule is CC1(C)CCCC(C)(C)N1OC(=O)CCCC(=O)ON1C(C)(C)CCCC1(C)C. The van der Waals surface area contributed by atoms with Gasteiger partial charge in [-0.3, -0.25) is 9.59 Å². The third-order valence-corrected chi connectivity index (χ3v) is 6.50. The van der Waals surface area contributed by atoms with Crippen LogP contribution in [0.5, 0.6) is 0 Å². The van der Waals surface area contributed by atoms with Gasteiger partial charge < -0.3 is 9.68 Å². The van der Waals surface area contributed by atoms with Gasteiger partial charge in [-0.15, -0.1) is 10.1 Å². The van der Waals surface area contributed by atoms with E-state index in [1.807, 2.05) is 10.1 Å². The highest BCUT2D eigenvalue weighted by Gasteiger charge is 2.45. The lowest BCUT2D eigenvalue weighted by Crippen LogP contribution is -2.59. The van der Waals surface area contributed by atoms with Gasteiger partial charge in [0, 0.05) is 12.8 Å². The summed E-state index contributed by atoms with van der Waals surface area (Å²) in [7, 11) is 0. The van der Waals surface area contributed by atoms with E-state index in [2.05, 4.69) is 55.4 Å². The second kappa shape index (κ2) is 8.54. The van der Waals surface area contributed by atoms with E-state index in [-0.39, 0.29) is 46.9 Å². The number of hydrogen-bond acceptors (Lipinski definition) is 6. The molecule has 2 aliphatic rings. The monoisotopic (exact) mass is 410 g/mol. The van der Waals surface area contributed by atoms with E-state index in [1.54, 1.807) is 0 Å². The molecule has 0 aromatic heterocycles. The zero-order valence-corrected chi connectivity index (χ0v) is 19.9. The second-order valence-corrected chi connectivity index (χ2v) is 11.3. The van der Waals surface area contributed by atoms with Crippen LogP contribution < -0.4 is 0 Å². The third kappa shape index (κ3) is 5.94. The van der Waals surface area contributed by atoms with Gasteiger partial charge in [-0.2, -0.15) is 0 Å². The highest BCUT2D eigenvalue weighted by molar-refractivity contribution is 5.72. The van der Waals surface area contributed by atoms with E-state index in [9.17, 15) is 9.59 Å². The van der Waals surface area contributed by atoms with Crippen molar-refractivity contribution in [3.8, 4) is 0 Å². The van der Waals surface area contributed by atoms with E-state index >= 15 is 0 Å². The summed E-state index contributed by atoms with van der Waals surface area (Å²) in [6.45, 7) is 16.9. The molecule has 0 atom stereocenters. The number of hydroxylamine groups is 4. The Labute approximate surface area is 177 Å². The Kier molecular flexibility index (Phi) is 7.11. The molecule has 2 rings (SSSR count). The molecule has 2 aliphatic heterocycles. The van der Waals surface area contributed by atoms with Crippen molar-refractivity contribution in [3.05, 3.63) is 0 Å². The maximum atomic E-state index is 12.4. The standard InChI is InChI=1S/C23H42N2O4/c1-20(2)14-10-15-21(3,4)24(20)28-18(26)12-9-13-19(27)29-25-22(5,6)16-11-17-23(25,7)8/h9-17H2,1-8H3. The third-order valence-electron chi connectivity index (χ3n) is 6.50. The molecule has 0 saturated carbocycles. The second-order valence-electron chi connectivity index (χ2n) is 11.3. The van der Waals surface area contributed by atoms with Crippen molar-refractivity contribution >= 4 is 11.9 Å². The number of carbonyl (C=O) groups excluding carboxylic acids is 2. The van der Waals surface area contributed by atoms with Crippen LogP contribution in [-0.2, 0) is 19.3 Å². The lowest BCUT2D eigenvalue weighted by atomic mass is 9.82. The maximum absolute atomic E-state index is 12.4. The normalized spacial score (nSPS) is 25.9. The van der Waals surface area contributed by atoms with Crippen LogP contribution in [0.15, 0.2) is 0 Å². The highest BCUT2D eigenvalue weighted by Crippen LogP contribution is 2.39. The zero-order chi connectivity index (χ0) is 22.1. The van der Waals surface area contributed by atoms with Crippen LogP contribution >= 0.6 is 0 Å². The summed E-state index contributed by atoms with van der Waals surface area (Å²) in [5.41, 5.74) is -0.715. The molecular formula is C23H42N2O4. The summed E-state index contributed by atoms with van der Waals surface area (Å²) in [6, 6.07) is 0. The minimum absolute atomic E-state index is 0.179. The van der Waals surface area contributed by atoms with Crippen molar-refractivity contribution in [2.75, 3.05) is 0 Å². The molecule has 2 heterocycles. The minimum atomic E-state index is -0.278. The first-order chi connectivity index (χ1) is 13.2. The number of piperidine rings is 2. The molecule has 0 radical (unpaired) electrons. The summed E-state index contributed by atoms with van der Waals surface area (Å²) in [6.07, 6.45) is 7.10. The van der Waals surface area contributed by atoms with E-state index in [1.165, 1.54) is 0 Å². The van der Waals surface area contributed by atoms with Gasteiger partial charge in [0.15, 0.2) is 0 Å². The molecule has 0 N–H and O–H groups in total. The highest BCUT2D eigenvalue weighted by atomic mass is 16.7. The van der Waals surface area contributed by atoms with Gasteiger partial charge in [0.2, 0.25) is 0 Å². The van der Waals surface area contributed by atoms with Crippen LogP contribution in [0.3, 0.4) is 0 Å². The fourth-order valence-corrected chi connectivity index (χ4v) is 5.12. The van der Waals surface area contributed by atoms with Crippen molar-refractivity contribution in [3.63, 3.8) is 0 Å². The summed E-state index contributed by atoms with van der Waals surface area (Å²) >= 11 is 0. The molecule has 0 aromatic rings. The van der Waals surface area contributed by atoms with Crippen molar-refractivity contribution in [2.45, 2.75) is 135 Å². The quantitative estimate of drug-likeness (QED) is 0.603. The van der Waals surface area contributed by atoms with E-state index in [4.69, 9.17) is 9.68 Å². The van der Waals surface area contributed by atoms with Crippen LogP contribution in [0.2, 0.25) is 0 Å². The van der Waals surface area contributed by atoms with Crippen LogP contribution in [0.25, 0.3) is 0 Å². The van der Waals surface area contributed by atoms with Crippen LogP contribution in [0.4, 0.5) is 0 Å². The Hall–Kier alpha value is -1.14. The first-order valence-corrected chi connectivity index (χ1v) is 11.2. The number of nitrogens with zero attached hydrogens (tertiary/aromatic N) is 2. The lowest BCUT2D eigenvalue weighted by molar-refractivity contribution is -0.267. The Bertz CT molecular complexity index is 526. The van der Waals surface area contributed by atoms with Crippen LogP contribution in [-0.4, -0.2) is 44.2 Å². The van der Waals surface area contributed by atoms with Gasteiger partial charge in [0.05, 0.1) is 22.2 Å². The maximum Gasteiger partial charge on any atom is 0.325 e. The fourth-order valence-electron chi connectivity index (χ4n) is 5.12. The van der Waals surface area contributed by atoms with Gasteiger partial charge in [0.1, 0.15) is 0 Å². The van der Waals surface area contributed by atoms with Gasteiger partial charge >= 0.3 is 11.9 Å². The van der Waals surface area contributed by atoms with E-state index < -0.39 is 0 Å². The Balaban J connectivity index is 1.83. The smallest absolute Gasteiger partial charge is 0.325 e. The average Bonchev–Trinajstić information content (AvgIpc) is 2.54. The van der Waals surface area contributed by atoms with Gasteiger partial charge in [-0.1, -0.05) is 0 Å². The minimum Gasteiger partial charge on any atom is -0.367 e. The van der Waals surface area contributed by atoms with Gasteiger partial charge in [-0.25, -0.2) is 0 Å². The fraction of sp³-hybridized carbons (Fsp3) is 0.913. The molecule has 6 nitrogen and oxygen atoms in total. The van der Waals surface area contributed by atoms with Crippen molar-refractivity contribution in [1.82, 2.24) is 10.1 Å². The number of carbonyl (C=O) groups is 2. The van der Waals surface area contributed by atoms with Crippen molar-refractivity contribution in [2.24, 2.45) is 0 Å². The predicted octanol–water partition coefficient (Wildman–Crippen LogP) is 5.16. The number of rotatable bonds is 6. The molecule has 29 heavy (non-hydrogen) atoms. The van der Waals surface area contributed by atoms with Gasteiger partial charge in [0.25, 0.3) is 0 Å². The summed E-state index contributed by atoms with van der Waals surface area (Å²) in [5.74, 6) is -0.557. The van der Waals surface area contributed by atoms with Crippen molar-refractivity contribution < 1.29 is 19.3 Å². The molecule has 0 spiro atoms. The van der Waals surface area contributed by atoms with Gasteiger partial charge in [-0.05, 0) is 100 Å². The molecule has 0 bridgehead atoms. The molecule has 6 heteroatoms. The number of hydrogen-bond donors (Lipinski definition) is 0. The Morgan fingerprint density at radius 2 is 0.897 bits per heavy atom. The van der Waals surface area contributed by atoms with E-state index in [0.717, 1.165) is 38.5 Å². The topological polar surface area (TPSA) is 59.1 Å². The first-order valence-electron chi connectivity index (χ1n) is 11.2. The molecule has 0 aliphatic carbocycles. The Morgan fingerprint density at radius 3 is 1.17 bits per heavy atom. The lowest BCUT2D eigenvalue weighted by Gasteiger charge is -2.50. The zero-order valence-electron chi connectivity index (χ0n) is 19.9. The molecule has 0 aromatic carbocycles. The summed E-state index contributed by atoms with van der Waals surface area (Å²) in [5, 5.41) is 3.73. The van der Waals surface area contributed by atoms with Crippen LogP contribution in [0, 0.1) is 0 Å². The Morgan fingerprint density at radius 1 is 0.621 bits per heavy atom. The van der Waals surface area contributed by atoms with E-state index in [0.29, 0.717) is 6.42 Å². The molecular weight excluding hydrogens is 368 g/mol. The molecule has 0 amide bonds. The van der Waals surface area contributed by atoms with Crippen LogP contribution in [0.1, 0.15) is 113 Å². The molecule has 0 unspecified atom stereocenters. The summed E-state index contributed by atoms with van der Waals surface area (Å²) < 4.78 is 0. The molecule has 168 valence electrons.